The van der Waals surface area contributed by atoms with Crippen molar-refractivity contribution >= 4 is 50.2 Å². The number of pyridine rings is 1. The van der Waals surface area contributed by atoms with Crippen molar-refractivity contribution in [2.75, 3.05) is 25.0 Å². The Hall–Kier alpha value is -1.33. The van der Waals surface area contributed by atoms with Gasteiger partial charge in [-0.2, -0.15) is 0 Å². The lowest BCUT2D eigenvalue weighted by molar-refractivity contribution is -0.127. The summed E-state index contributed by atoms with van der Waals surface area (Å²) >= 11 is 9.66. The van der Waals surface area contributed by atoms with Gasteiger partial charge in [0.25, 0.3) is 0 Å². The van der Waals surface area contributed by atoms with Gasteiger partial charge in [-0.25, -0.2) is 4.98 Å². The maximum absolute atomic E-state index is 11.5. The van der Waals surface area contributed by atoms with Crippen LogP contribution in [0.1, 0.15) is 19.3 Å². The van der Waals surface area contributed by atoms with Crippen LogP contribution in [0.4, 0.5) is 5.82 Å². The summed E-state index contributed by atoms with van der Waals surface area (Å²) in [6.45, 7) is 2.50. The van der Waals surface area contributed by atoms with Gasteiger partial charge in [-0.05, 0) is 37.1 Å². The number of rotatable bonds is 5. The Morgan fingerprint density at radius 1 is 1.36 bits per heavy atom. The molecule has 0 spiro atoms. The van der Waals surface area contributed by atoms with E-state index < -0.39 is 0 Å². The van der Waals surface area contributed by atoms with E-state index in [4.69, 9.17) is 11.6 Å². The van der Waals surface area contributed by atoms with Gasteiger partial charge in [0.05, 0.1) is 10.5 Å². The number of hydrogen-bond donors (Lipinski definition) is 1. The second kappa shape index (κ2) is 6.84. The number of benzene rings is 1. The van der Waals surface area contributed by atoms with Gasteiger partial charge in [0, 0.05) is 35.9 Å². The maximum Gasteiger partial charge on any atom is 0.222 e. The minimum Gasteiger partial charge on any atom is -0.370 e. The lowest BCUT2D eigenvalue weighted by Gasteiger charge is -2.15. The minimum atomic E-state index is 0.279. The Balaban J connectivity index is 1.58. The predicted molar refractivity (Wildman–Crippen MR) is 93.4 cm³/mol. The van der Waals surface area contributed by atoms with Crippen molar-refractivity contribution in [3.05, 3.63) is 33.8 Å². The summed E-state index contributed by atoms with van der Waals surface area (Å²) in [7, 11) is 0. The summed E-state index contributed by atoms with van der Waals surface area (Å²) in [5.41, 5.74) is 0.796. The molecule has 4 nitrogen and oxygen atoms in total. The molecule has 1 aromatic heterocycles. The number of halogens is 2. The molecule has 22 heavy (non-hydrogen) atoms. The molecule has 0 saturated carbocycles. The molecular weight excluding hydrogens is 366 g/mol. The number of carbonyl (C=O) groups is 1. The molecule has 1 N–H and O–H groups in total. The molecule has 6 heteroatoms. The van der Waals surface area contributed by atoms with E-state index in [0.29, 0.717) is 11.4 Å². The number of amides is 1. The summed E-state index contributed by atoms with van der Waals surface area (Å²) in [5, 5.41) is 4.94. The van der Waals surface area contributed by atoms with Gasteiger partial charge >= 0.3 is 0 Å². The molecule has 116 valence electrons. The van der Waals surface area contributed by atoms with Crippen LogP contribution in [0.3, 0.4) is 0 Å². The van der Waals surface area contributed by atoms with Crippen molar-refractivity contribution < 1.29 is 4.79 Å². The van der Waals surface area contributed by atoms with Gasteiger partial charge in [0.15, 0.2) is 0 Å². The zero-order valence-corrected chi connectivity index (χ0v) is 14.5. The Morgan fingerprint density at radius 2 is 2.23 bits per heavy atom. The van der Waals surface area contributed by atoms with Crippen LogP contribution >= 0.6 is 27.5 Å². The van der Waals surface area contributed by atoms with Crippen molar-refractivity contribution in [1.29, 1.82) is 0 Å². The molecule has 0 unspecified atom stereocenters. The van der Waals surface area contributed by atoms with E-state index in [-0.39, 0.29) is 5.91 Å². The van der Waals surface area contributed by atoms with E-state index in [1.807, 2.05) is 29.2 Å². The van der Waals surface area contributed by atoms with Crippen molar-refractivity contribution in [3.63, 3.8) is 0 Å². The summed E-state index contributed by atoms with van der Waals surface area (Å²) in [5.74, 6) is 1.09. The van der Waals surface area contributed by atoms with Gasteiger partial charge in [0.1, 0.15) is 5.82 Å². The third-order valence-corrected chi connectivity index (χ3v) is 4.54. The fourth-order valence-electron chi connectivity index (χ4n) is 2.68. The quantitative estimate of drug-likeness (QED) is 0.793. The molecule has 0 aliphatic carbocycles. The molecule has 1 aromatic carbocycles. The average Bonchev–Trinajstić information content (AvgIpc) is 2.89. The molecule has 2 aromatic rings. The number of nitrogens with one attached hydrogen (secondary N) is 1. The average molecular weight is 383 g/mol. The van der Waals surface area contributed by atoms with Crippen LogP contribution in [0.25, 0.3) is 10.9 Å². The summed E-state index contributed by atoms with van der Waals surface area (Å²) in [4.78, 5) is 18.0. The normalized spacial score (nSPS) is 14.8. The highest BCUT2D eigenvalue weighted by Crippen LogP contribution is 2.27. The standard InChI is InChI=1S/C16H17BrClN3O/c17-12-9-11-4-5-14(20-16(11)13(18)10-12)19-6-2-8-21-7-1-3-15(21)22/h4-5,9-10H,1-3,6-8H2,(H,19,20). The van der Waals surface area contributed by atoms with Crippen LogP contribution in [0, 0.1) is 0 Å². The highest BCUT2D eigenvalue weighted by molar-refractivity contribution is 9.10. The van der Waals surface area contributed by atoms with Gasteiger partial charge < -0.3 is 10.2 Å². The number of carbonyl (C=O) groups excluding carboxylic acids is 1. The fraction of sp³-hybridized carbons (Fsp3) is 0.375. The minimum absolute atomic E-state index is 0.279. The van der Waals surface area contributed by atoms with E-state index >= 15 is 0 Å². The van der Waals surface area contributed by atoms with Gasteiger partial charge in [-0.15, -0.1) is 0 Å². The highest BCUT2D eigenvalue weighted by atomic mass is 79.9. The van der Waals surface area contributed by atoms with E-state index in [1.54, 1.807) is 0 Å². The number of anilines is 1. The van der Waals surface area contributed by atoms with E-state index in [2.05, 4.69) is 26.2 Å². The number of likely N-dealkylation sites (tertiary alicyclic amines) is 1. The van der Waals surface area contributed by atoms with Crippen LogP contribution in [-0.2, 0) is 4.79 Å². The third-order valence-electron chi connectivity index (χ3n) is 3.79. The molecule has 3 rings (SSSR count). The summed E-state index contributed by atoms with van der Waals surface area (Å²) in [6.07, 6.45) is 2.61. The molecular formula is C16H17BrClN3O. The van der Waals surface area contributed by atoms with E-state index in [1.165, 1.54) is 0 Å². The SMILES string of the molecule is O=C1CCCN1CCCNc1ccc2cc(Br)cc(Cl)c2n1. The maximum atomic E-state index is 11.5. The monoisotopic (exact) mass is 381 g/mol. The Kier molecular flexibility index (Phi) is 4.84. The van der Waals surface area contributed by atoms with Crippen LogP contribution in [-0.4, -0.2) is 35.4 Å². The molecule has 0 radical (unpaired) electrons. The Bertz CT molecular complexity index is 707. The first kappa shape index (κ1) is 15.6. The zero-order chi connectivity index (χ0) is 15.5. The first-order valence-electron chi connectivity index (χ1n) is 7.41. The smallest absolute Gasteiger partial charge is 0.222 e. The van der Waals surface area contributed by atoms with Crippen LogP contribution in [0.5, 0.6) is 0 Å². The second-order valence-corrected chi connectivity index (χ2v) is 6.74. The molecule has 1 aliphatic rings. The van der Waals surface area contributed by atoms with Crippen LogP contribution in [0.2, 0.25) is 5.02 Å². The number of fused-ring (bicyclic) bond motifs is 1. The Morgan fingerprint density at radius 3 is 3.00 bits per heavy atom. The van der Waals surface area contributed by atoms with E-state index in [0.717, 1.165) is 53.7 Å². The topological polar surface area (TPSA) is 45.2 Å². The summed E-state index contributed by atoms with van der Waals surface area (Å²) in [6, 6.07) is 7.80. The van der Waals surface area contributed by atoms with Crippen LogP contribution < -0.4 is 5.32 Å². The highest BCUT2D eigenvalue weighted by Gasteiger charge is 2.18. The van der Waals surface area contributed by atoms with Gasteiger partial charge in [-0.1, -0.05) is 27.5 Å². The van der Waals surface area contributed by atoms with Crippen molar-refractivity contribution in [2.45, 2.75) is 19.3 Å². The molecule has 1 saturated heterocycles. The number of nitrogens with zero attached hydrogens (tertiary/aromatic N) is 2. The van der Waals surface area contributed by atoms with Gasteiger partial charge in [0.2, 0.25) is 5.91 Å². The van der Waals surface area contributed by atoms with Crippen molar-refractivity contribution in [1.82, 2.24) is 9.88 Å². The third kappa shape index (κ3) is 3.52. The lowest BCUT2D eigenvalue weighted by Crippen LogP contribution is -2.27. The fourth-order valence-corrected chi connectivity index (χ4v) is 3.56. The Labute approximate surface area is 143 Å². The van der Waals surface area contributed by atoms with Crippen molar-refractivity contribution in [2.24, 2.45) is 0 Å². The van der Waals surface area contributed by atoms with E-state index in [9.17, 15) is 4.79 Å². The first-order valence-corrected chi connectivity index (χ1v) is 8.58. The molecule has 1 fully saturated rings. The lowest BCUT2D eigenvalue weighted by atomic mass is 10.2. The number of hydrogen-bond acceptors (Lipinski definition) is 3. The molecule has 1 aliphatic heterocycles. The molecule has 2 heterocycles. The zero-order valence-electron chi connectivity index (χ0n) is 12.1. The molecule has 0 bridgehead atoms. The predicted octanol–water partition coefficient (Wildman–Crippen LogP) is 4.08. The summed E-state index contributed by atoms with van der Waals surface area (Å²) < 4.78 is 0.947. The van der Waals surface area contributed by atoms with Gasteiger partial charge in [-0.3, -0.25) is 4.79 Å². The first-order chi connectivity index (χ1) is 10.6. The molecule has 0 atom stereocenters. The largest absolute Gasteiger partial charge is 0.370 e. The van der Waals surface area contributed by atoms with Crippen LogP contribution in [0.15, 0.2) is 28.7 Å². The van der Waals surface area contributed by atoms with Crippen molar-refractivity contribution in [3.8, 4) is 0 Å². The number of aromatic nitrogens is 1. The molecule has 1 amide bonds. The second-order valence-electron chi connectivity index (χ2n) is 5.42.